The van der Waals surface area contributed by atoms with Gasteiger partial charge in [-0.1, -0.05) is 0 Å². The van der Waals surface area contributed by atoms with Crippen LogP contribution in [0.4, 0.5) is 20.2 Å². The zero-order valence-electron chi connectivity index (χ0n) is 17.1. The van der Waals surface area contributed by atoms with Crippen LogP contribution in [0.2, 0.25) is 0 Å². The van der Waals surface area contributed by atoms with Gasteiger partial charge in [0.05, 0.1) is 0 Å². The van der Waals surface area contributed by atoms with E-state index in [1.807, 2.05) is 18.2 Å². The molecule has 0 saturated carbocycles. The third-order valence-electron chi connectivity index (χ3n) is 5.67. The van der Waals surface area contributed by atoms with Crippen molar-refractivity contribution in [1.82, 2.24) is 9.88 Å². The summed E-state index contributed by atoms with van der Waals surface area (Å²) in [6.45, 7) is 6.65. The van der Waals surface area contributed by atoms with Crippen LogP contribution in [0, 0.1) is 11.6 Å². The van der Waals surface area contributed by atoms with Crippen molar-refractivity contribution in [3.05, 3.63) is 59.8 Å². The van der Waals surface area contributed by atoms with Crippen LogP contribution in [0.25, 0.3) is 10.9 Å². The van der Waals surface area contributed by atoms with Crippen LogP contribution in [0.3, 0.4) is 0 Å². The van der Waals surface area contributed by atoms with Crippen LogP contribution in [-0.4, -0.2) is 41.0 Å². The smallest absolute Gasteiger partial charge is 0.272 e. The first-order valence-corrected chi connectivity index (χ1v) is 10.3. The molecule has 158 valence electrons. The molecular formula is C23H26F2N4O. The molecule has 0 spiro atoms. The van der Waals surface area contributed by atoms with E-state index in [-0.39, 0.29) is 5.69 Å². The second-order valence-electron chi connectivity index (χ2n) is 8.12. The molecule has 30 heavy (non-hydrogen) atoms. The number of aromatic nitrogens is 1. The summed E-state index contributed by atoms with van der Waals surface area (Å²) in [7, 11) is 0. The fraction of sp³-hybridized carbons (Fsp3) is 0.348. The van der Waals surface area contributed by atoms with Gasteiger partial charge >= 0.3 is 0 Å². The number of likely N-dealkylation sites (tertiary alicyclic amines) is 1. The largest absolute Gasteiger partial charge is 0.382 e. The van der Waals surface area contributed by atoms with E-state index >= 15 is 0 Å². The first-order chi connectivity index (χ1) is 14.4. The minimum atomic E-state index is -1.00. The number of anilines is 2. The van der Waals surface area contributed by atoms with Crippen molar-refractivity contribution in [2.24, 2.45) is 0 Å². The molecule has 1 aliphatic rings. The Morgan fingerprint density at radius 2 is 1.77 bits per heavy atom. The van der Waals surface area contributed by atoms with E-state index in [1.54, 1.807) is 6.07 Å². The summed E-state index contributed by atoms with van der Waals surface area (Å²) in [6.07, 6.45) is 2.20. The molecular weight excluding hydrogens is 386 g/mol. The quantitative estimate of drug-likeness (QED) is 0.554. The summed E-state index contributed by atoms with van der Waals surface area (Å²) in [4.78, 5) is 18.1. The molecule has 7 heteroatoms. The molecule has 4 rings (SSSR count). The first-order valence-electron chi connectivity index (χ1n) is 10.3. The number of nitrogens with zero attached hydrogens (tertiary/aromatic N) is 1. The SMILES string of the molecule is CC(C)N1CCC(Nc2ccc3[nH]c(C(=O)Nc4ccc(F)c(F)c4)cc3c2)CC1. The van der Waals surface area contributed by atoms with Crippen molar-refractivity contribution in [3.63, 3.8) is 0 Å². The van der Waals surface area contributed by atoms with E-state index in [0.29, 0.717) is 17.8 Å². The number of hydrogen-bond donors (Lipinski definition) is 3. The molecule has 3 N–H and O–H groups in total. The van der Waals surface area contributed by atoms with Gasteiger partial charge in [0, 0.05) is 53.5 Å². The molecule has 2 heterocycles. The highest BCUT2D eigenvalue weighted by atomic mass is 19.2. The Labute approximate surface area is 174 Å². The Morgan fingerprint density at radius 1 is 1.03 bits per heavy atom. The fourth-order valence-electron chi connectivity index (χ4n) is 3.91. The van der Waals surface area contributed by atoms with E-state index in [1.165, 1.54) is 6.07 Å². The lowest BCUT2D eigenvalue weighted by Gasteiger charge is -2.35. The van der Waals surface area contributed by atoms with Crippen molar-refractivity contribution >= 4 is 28.2 Å². The molecule has 0 aliphatic carbocycles. The van der Waals surface area contributed by atoms with E-state index in [4.69, 9.17) is 0 Å². The number of aromatic amines is 1. The van der Waals surface area contributed by atoms with E-state index in [0.717, 1.165) is 54.7 Å². The number of hydrogen-bond acceptors (Lipinski definition) is 3. The van der Waals surface area contributed by atoms with Gasteiger partial charge in [-0.25, -0.2) is 8.78 Å². The molecule has 0 bridgehead atoms. The van der Waals surface area contributed by atoms with Crippen molar-refractivity contribution in [1.29, 1.82) is 0 Å². The predicted octanol–water partition coefficient (Wildman–Crippen LogP) is 4.98. The van der Waals surface area contributed by atoms with Crippen molar-refractivity contribution < 1.29 is 13.6 Å². The zero-order chi connectivity index (χ0) is 21.3. The Hall–Kier alpha value is -2.93. The average molecular weight is 412 g/mol. The third kappa shape index (κ3) is 4.46. The maximum Gasteiger partial charge on any atom is 0.272 e. The van der Waals surface area contributed by atoms with E-state index in [2.05, 4.69) is 34.4 Å². The molecule has 1 fully saturated rings. The van der Waals surface area contributed by atoms with Gasteiger partial charge in [0.2, 0.25) is 0 Å². The number of halogens is 2. The van der Waals surface area contributed by atoms with Gasteiger partial charge in [0.15, 0.2) is 11.6 Å². The number of nitrogens with one attached hydrogen (secondary N) is 3. The van der Waals surface area contributed by atoms with E-state index < -0.39 is 17.5 Å². The summed E-state index contributed by atoms with van der Waals surface area (Å²) in [6, 6.07) is 12.0. The molecule has 1 aromatic heterocycles. The normalized spacial score (nSPS) is 15.6. The van der Waals surface area contributed by atoms with Crippen LogP contribution >= 0.6 is 0 Å². The molecule has 1 amide bonds. The monoisotopic (exact) mass is 412 g/mol. The highest BCUT2D eigenvalue weighted by Crippen LogP contribution is 2.24. The van der Waals surface area contributed by atoms with Gasteiger partial charge in [-0.3, -0.25) is 4.79 Å². The number of carbonyl (C=O) groups is 1. The zero-order valence-corrected chi connectivity index (χ0v) is 17.1. The maximum atomic E-state index is 13.4. The number of amides is 1. The Bertz CT molecular complexity index is 1050. The van der Waals surface area contributed by atoms with Gasteiger partial charge < -0.3 is 20.5 Å². The fourth-order valence-corrected chi connectivity index (χ4v) is 3.91. The highest BCUT2D eigenvalue weighted by molar-refractivity contribution is 6.06. The number of H-pyrrole nitrogens is 1. The number of carbonyl (C=O) groups excluding carboxylic acids is 1. The summed E-state index contributed by atoms with van der Waals surface area (Å²) < 4.78 is 26.4. The predicted molar refractivity (Wildman–Crippen MR) is 116 cm³/mol. The molecule has 1 aliphatic heterocycles. The standard InChI is InChI=1S/C23H26F2N4O/c1-14(2)29-9-7-16(8-10-29)26-17-4-6-21-15(11-17)12-22(28-21)23(30)27-18-3-5-19(24)20(25)13-18/h3-6,11-14,16,26,28H,7-10H2,1-2H3,(H,27,30). The lowest BCUT2D eigenvalue weighted by molar-refractivity contribution is 0.102. The maximum absolute atomic E-state index is 13.4. The Balaban J connectivity index is 1.43. The summed E-state index contributed by atoms with van der Waals surface area (Å²) in [5, 5.41) is 7.10. The summed E-state index contributed by atoms with van der Waals surface area (Å²) >= 11 is 0. The molecule has 0 atom stereocenters. The van der Waals surface area contributed by atoms with Gasteiger partial charge in [-0.2, -0.15) is 0 Å². The minimum absolute atomic E-state index is 0.202. The lowest BCUT2D eigenvalue weighted by Crippen LogP contribution is -2.42. The number of fused-ring (bicyclic) bond motifs is 1. The van der Waals surface area contributed by atoms with Crippen LogP contribution in [0.1, 0.15) is 37.2 Å². The highest BCUT2D eigenvalue weighted by Gasteiger charge is 2.20. The van der Waals surface area contributed by atoms with Crippen LogP contribution < -0.4 is 10.6 Å². The molecule has 2 aromatic carbocycles. The topological polar surface area (TPSA) is 60.2 Å². The van der Waals surface area contributed by atoms with Crippen molar-refractivity contribution in [2.75, 3.05) is 23.7 Å². The van der Waals surface area contributed by atoms with Gasteiger partial charge in [0.25, 0.3) is 5.91 Å². The number of benzene rings is 2. The van der Waals surface area contributed by atoms with Crippen LogP contribution in [-0.2, 0) is 0 Å². The second-order valence-corrected chi connectivity index (χ2v) is 8.12. The molecule has 0 unspecified atom stereocenters. The molecule has 3 aromatic rings. The Morgan fingerprint density at radius 3 is 2.47 bits per heavy atom. The Kier molecular flexibility index (Phi) is 5.72. The van der Waals surface area contributed by atoms with E-state index in [9.17, 15) is 13.6 Å². The van der Waals surface area contributed by atoms with Gasteiger partial charge in [-0.15, -0.1) is 0 Å². The minimum Gasteiger partial charge on any atom is -0.382 e. The summed E-state index contributed by atoms with van der Waals surface area (Å²) in [5.41, 5.74) is 2.42. The molecule has 1 saturated heterocycles. The number of piperidine rings is 1. The summed E-state index contributed by atoms with van der Waals surface area (Å²) in [5.74, 6) is -2.36. The van der Waals surface area contributed by atoms with Gasteiger partial charge in [-0.05, 0) is 63.1 Å². The van der Waals surface area contributed by atoms with Crippen LogP contribution in [0.5, 0.6) is 0 Å². The van der Waals surface area contributed by atoms with Crippen molar-refractivity contribution in [2.45, 2.75) is 38.8 Å². The average Bonchev–Trinajstić information content (AvgIpc) is 3.15. The lowest BCUT2D eigenvalue weighted by atomic mass is 10.0. The number of rotatable bonds is 5. The first kappa shape index (κ1) is 20.3. The molecule has 5 nitrogen and oxygen atoms in total. The van der Waals surface area contributed by atoms with Gasteiger partial charge in [0.1, 0.15) is 5.69 Å². The third-order valence-corrected chi connectivity index (χ3v) is 5.67. The van der Waals surface area contributed by atoms with Crippen LogP contribution in [0.15, 0.2) is 42.5 Å². The second kappa shape index (κ2) is 8.44. The molecule has 0 radical (unpaired) electrons. The van der Waals surface area contributed by atoms with Crippen molar-refractivity contribution in [3.8, 4) is 0 Å².